The number of halogens is 1. The highest BCUT2D eigenvalue weighted by Crippen LogP contribution is 2.16. The van der Waals surface area contributed by atoms with E-state index in [0.29, 0.717) is 12.5 Å². The first-order valence-corrected chi connectivity index (χ1v) is 9.06. The Hall–Kier alpha value is -2.88. The Bertz CT molecular complexity index is 761. The van der Waals surface area contributed by atoms with Crippen LogP contribution in [0.5, 0.6) is 0 Å². The van der Waals surface area contributed by atoms with E-state index in [0.717, 1.165) is 51.0 Å². The second kappa shape index (κ2) is 11.1. The van der Waals surface area contributed by atoms with E-state index in [1.165, 1.54) is 12.3 Å². The van der Waals surface area contributed by atoms with Crippen molar-refractivity contribution in [2.45, 2.75) is 26.3 Å². The van der Waals surface area contributed by atoms with Gasteiger partial charge in [0.05, 0.1) is 11.8 Å². The number of aromatic nitrogens is 4. The molecular weight excluding hydrogens is 367 g/mol. The number of pyridine rings is 1. The van der Waals surface area contributed by atoms with E-state index in [-0.39, 0.29) is 17.9 Å². The molecule has 3 rings (SSSR count). The molecule has 0 aliphatic carbocycles. The monoisotopic (exact) mass is 392 g/mol. The van der Waals surface area contributed by atoms with E-state index in [2.05, 4.69) is 30.0 Å². The van der Waals surface area contributed by atoms with Crippen molar-refractivity contribution in [2.75, 3.05) is 26.2 Å². The zero-order valence-electron chi connectivity index (χ0n) is 15.8. The Labute approximate surface area is 162 Å². The van der Waals surface area contributed by atoms with Gasteiger partial charge in [-0.05, 0) is 44.8 Å². The molecule has 0 spiro atoms. The van der Waals surface area contributed by atoms with Gasteiger partial charge in [-0.1, -0.05) is 0 Å². The largest absolute Gasteiger partial charge is 0.483 e. The molecule has 0 atom stereocenters. The van der Waals surface area contributed by atoms with Crippen LogP contribution in [0.4, 0.5) is 4.39 Å². The number of nitrogens with one attached hydrogen (secondary N) is 1. The molecule has 1 aliphatic rings. The van der Waals surface area contributed by atoms with Crippen molar-refractivity contribution in [2.24, 2.45) is 5.92 Å². The lowest BCUT2D eigenvalue weighted by molar-refractivity contribution is -0.122. The predicted octanol–water partition coefficient (Wildman–Crippen LogP) is 0.963. The number of carbonyl (C=O) groups is 2. The van der Waals surface area contributed by atoms with Gasteiger partial charge in [0.2, 0.25) is 0 Å². The minimum absolute atomic E-state index is 0.250. The molecule has 2 aromatic heterocycles. The van der Waals surface area contributed by atoms with Gasteiger partial charge in [-0.3, -0.25) is 14.6 Å². The molecule has 2 aromatic rings. The minimum atomic E-state index is -0.496. The maximum absolute atomic E-state index is 13.1. The van der Waals surface area contributed by atoms with Gasteiger partial charge < -0.3 is 19.9 Å². The van der Waals surface area contributed by atoms with Crippen molar-refractivity contribution in [3.63, 3.8) is 0 Å². The quantitative estimate of drug-likeness (QED) is 0.704. The first-order chi connectivity index (χ1) is 13.5. The van der Waals surface area contributed by atoms with Crippen LogP contribution in [0, 0.1) is 18.7 Å². The topological polar surface area (TPSA) is 113 Å². The van der Waals surface area contributed by atoms with Crippen LogP contribution < -0.4 is 5.32 Å². The summed E-state index contributed by atoms with van der Waals surface area (Å²) in [5.41, 5.74) is 0.266. The van der Waals surface area contributed by atoms with Gasteiger partial charge in [0, 0.05) is 25.8 Å². The third-order valence-corrected chi connectivity index (χ3v) is 4.69. The van der Waals surface area contributed by atoms with Crippen molar-refractivity contribution in [3.05, 3.63) is 42.0 Å². The molecule has 3 heterocycles. The molecule has 28 heavy (non-hydrogen) atoms. The smallest absolute Gasteiger partial charge is 0.290 e. The SMILES string of the molecule is Cc1nncn1CCN1CCC(CNC(=O)c2cncc(F)c2)CC1.O=CO. The maximum atomic E-state index is 13.1. The van der Waals surface area contributed by atoms with Crippen molar-refractivity contribution in [1.82, 2.24) is 30.0 Å². The molecule has 0 unspecified atom stereocenters. The van der Waals surface area contributed by atoms with Crippen molar-refractivity contribution >= 4 is 12.4 Å². The molecule has 0 saturated carbocycles. The van der Waals surface area contributed by atoms with E-state index < -0.39 is 5.82 Å². The minimum Gasteiger partial charge on any atom is -0.483 e. The van der Waals surface area contributed by atoms with Crippen LogP contribution in [-0.4, -0.2) is 68.3 Å². The summed E-state index contributed by atoms with van der Waals surface area (Å²) in [6, 6.07) is 1.21. The molecule has 0 bridgehead atoms. The van der Waals surface area contributed by atoms with Gasteiger partial charge in [-0.15, -0.1) is 10.2 Å². The number of nitrogens with zero attached hydrogens (tertiary/aromatic N) is 5. The van der Waals surface area contributed by atoms with E-state index in [1.54, 1.807) is 6.33 Å². The van der Waals surface area contributed by atoms with Crippen molar-refractivity contribution < 1.29 is 19.1 Å². The number of hydrogen-bond donors (Lipinski definition) is 2. The van der Waals surface area contributed by atoms with Crippen LogP contribution in [0.15, 0.2) is 24.8 Å². The van der Waals surface area contributed by atoms with Gasteiger partial charge in [0.1, 0.15) is 18.0 Å². The van der Waals surface area contributed by atoms with E-state index in [4.69, 9.17) is 9.90 Å². The average Bonchev–Trinajstić information content (AvgIpc) is 3.11. The van der Waals surface area contributed by atoms with Gasteiger partial charge >= 0.3 is 0 Å². The first kappa shape index (κ1) is 21.4. The van der Waals surface area contributed by atoms with Gasteiger partial charge in [0.15, 0.2) is 0 Å². The second-order valence-electron chi connectivity index (χ2n) is 6.56. The lowest BCUT2D eigenvalue weighted by Gasteiger charge is -2.32. The molecule has 1 aliphatic heterocycles. The number of carbonyl (C=O) groups excluding carboxylic acids is 1. The summed E-state index contributed by atoms with van der Waals surface area (Å²) in [5.74, 6) is 0.629. The van der Waals surface area contributed by atoms with Gasteiger partial charge in [-0.25, -0.2) is 4.39 Å². The number of likely N-dealkylation sites (tertiary alicyclic amines) is 1. The third kappa shape index (κ3) is 6.69. The molecule has 9 nitrogen and oxygen atoms in total. The fourth-order valence-electron chi connectivity index (χ4n) is 3.07. The number of carboxylic acid groups (broad SMARTS) is 1. The summed E-state index contributed by atoms with van der Waals surface area (Å²) in [6.07, 6.45) is 6.33. The first-order valence-electron chi connectivity index (χ1n) is 9.06. The standard InChI is InChI=1S/C17H23FN6O.CH2O2/c1-13-22-21-12-24(13)7-6-23-4-2-14(3-5-23)9-20-17(25)15-8-16(18)11-19-10-15;2-1-3/h8,10-12,14H,2-7,9H2,1H3,(H,20,25);1H,(H,2,3). The Balaban J connectivity index is 0.000000878. The maximum Gasteiger partial charge on any atom is 0.290 e. The van der Waals surface area contributed by atoms with Crippen LogP contribution in [0.25, 0.3) is 0 Å². The molecule has 10 heteroatoms. The lowest BCUT2D eigenvalue weighted by Crippen LogP contribution is -2.39. The second-order valence-corrected chi connectivity index (χ2v) is 6.56. The fraction of sp³-hybridized carbons (Fsp3) is 0.500. The van der Waals surface area contributed by atoms with Crippen molar-refractivity contribution in [1.29, 1.82) is 0 Å². The van der Waals surface area contributed by atoms with Gasteiger partial charge in [-0.2, -0.15) is 0 Å². The Morgan fingerprint density at radius 2 is 2.07 bits per heavy atom. The average molecular weight is 392 g/mol. The van der Waals surface area contributed by atoms with Crippen LogP contribution in [0.1, 0.15) is 29.0 Å². The normalized spacial score (nSPS) is 14.8. The summed E-state index contributed by atoms with van der Waals surface area (Å²) in [5, 5.41) is 17.7. The van der Waals surface area contributed by atoms with E-state index in [1.807, 2.05) is 6.92 Å². The zero-order chi connectivity index (χ0) is 20.4. The van der Waals surface area contributed by atoms with Crippen LogP contribution in [0.2, 0.25) is 0 Å². The summed E-state index contributed by atoms with van der Waals surface area (Å²) >= 11 is 0. The van der Waals surface area contributed by atoms with Crippen LogP contribution >= 0.6 is 0 Å². The molecule has 1 fully saturated rings. The molecular formula is C18H25FN6O3. The molecule has 2 N–H and O–H groups in total. The zero-order valence-corrected chi connectivity index (χ0v) is 15.8. The van der Waals surface area contributed by atoms with Crippen LogP contribution in [0.3, 0.4) is 0 Å². The molecule has 0 aromatic carbocycles. The van der Waals surface area contributed by atoms with E-state index >= 15 is 0 Å². The summed E-state index contributed by atoms with van der Waals surface area (Å²) in [4.78, 5) is 26.5. The van der Waals surface area contributed by atoms with Gasteiger partial charge in [0.25, 0.3) is 12.4 Å². The van der Waals surface area contributed by atoms with Crippen LogP contribution in [-0.2, 0) is 11.3 Å². The highest BCUT2D eigenvalue weighted by molar-refractivity contribution is 5.93. The predicted molar refractivity (Wildman–Crippen MR) is 99.1 cm³/mol. The molecule has 152 valence electrons. The Kier molecular flexibility index (Phi) is 8.47. The summed E-state index contributed by atoms with van der Waals surface area (Å²) < 4.78 is 15.2. The number of piperidine rings is 1. The van der Waals surface area contributed by atoms with Crippen molar-refractivity contribution in [3.8, 4) is 0 Å². The molecule has 0 radical (unpaired) electrons. The number of rotatable bonds is 6. The lowest BCUT2D eigenvalue weighted by atomic mass is 9.96. The number of hydrogen-bond acceptors (Lipinski definition) is 6. The molecule has 1 amide bonds. The highest BCUT2D eigenvalue weighted by Gasteiger charge is 2.20. The fourth-order valence-corrected chi connectivity index (χ4v) is 3.07. The third-order valence-electron chi connectivity index (χ3n) is 4.69. The highest BCUT2D eigenvalue weighted by atomic mass is 19.1. The number of aryl methyl sites for hydroxylation is 1. The summed E-state index contributed by atoms with van der Waals surface area (Å²) in [6.45, 7) is 6.23. The number of amides is 1. The van der Waals surface area contributed by atoms with E-state index in [9.17, 15) is 9.18 Å². The Morgan fingerprint density at radius 3 is 2.68 bits per heavy atom. The summed E-state index contributed by atoms with van der Waals surface area (Å²) in [7, 11) is 0. The molecule has 1 saturated heterocycles. The Morgan fingerprint density at radius 1 is 1.36 bits per heavy atom.